The topological polar surface area (TPSA) is 60.2 Å². The van der Waals surface area contributed by atoms with E-state index in [1.165, 1.54) is 12.1 Å². The van der Waals surface area contributed by atoms with Gasteiger partial charge in [0.1, 0.15) is 5.78 Å². The van der Waals surface area contributed by atoms with Crippen LogP contribution in [0.4, 0.5) is 5.69 Å². The monoisotopic (exact) mass is 253 g/mol. The van der Waals surface area contributed by atoms with Gasteiger partial charge in [0.2, 0.25) is 0 Å². The van der Waals surface area contributed by atoms with Crippen molar-refractivity contribution in [2.75, 3.05) is 0 Å². The second kappa shape index (κ2) is 4.11. The normalized spacial score (nSPS) is 16.6. The predicted octanol–water partition coefficient (Wildman–Crippen LogP) is 3.16. The fraction of sp³-hybridized carbons (Fsp3) is 0.417. The Balaban J connectivity index is 2.35. The van der Waals surface area contributed by atoms with Crippen molar-refractivity contribution in [1.82, 2.24) is 0 Å². The maximum atomic E-state index is 11.5. The van der Waals surface area contributed by atoms with Gasteiger partial charge in [0, 0.05) is 22.1 Å². The van der Waals surface area contributed by atoms with E-state index in [0.717, 1.165) is 12.8 Å². The number of carbonyl (C=O) groups excluding carboxylic acids is 1. The number of halogens is 1. The number of hydrogen-bond acceptors (Lipinski definition) is 3. The van der Waals surface area contributed by atoms with Crippen LogP contribution in [-0.2, 0) is 11.2 Å². The standard InChI is InChI=1S/C12H12ClNO3/c1-8(15)12(4-5-12)7-9-6-10(13)2-3-11(9)14(16)17/h2-3,6H,4-5,7H2,1H3. The fourth-order valence-corrected chi connectivity index (χ4v) is 2.24. The molecule has 1 aromatic carbocycles. The third kappa shape index (κ3) is 2.31. The lowest BCUT2D eigenvalue weighted by Gasteiger charge is -2.11. The number of benzene rings is 1. The maximum Gasteiger partial charge on any atom is 0.272 e. The van der Waals surface area contributed by atoms with Crippen LogP contribution in [0, 0.1) is 15.5 Å². The lowest BCUT2D eigenvalue weighted by molar-refractivity contribution is -0.385. The lowest BCUT2D eigenvalue weighted by Crippen LogP contribution is -2.15. The van der Waals surface area contributed by atoms with Crippen LogP contribution in [-0.4, -0.2) is 10.7 Å². The molecule has 1 aromatic rings. The third-order valence-electron chi connectivity index (χ3n) is 3.37. The van der Waals surface area contributed by atoms with Gasteiger partial charge in [0.05, 0.1) is 4.92 Å². The highest BCUT2D eigenvalue weighted by Gasteiger charge is 2.47. The van der Waals surface area contributed by atoms with E-state index in [1.54, 1.807) is 13.0 Å². The minimum atomic E-state index is -0.429. The molecule has 5 heteroatoms. The zero-order chi connectivity index (χ0) is 12.6. The van der Waals surface area contributed by atoms with Crippen LogP contribution in [0.1, 0.15) is 25.3 Å². The second-order valence-electron chi connectivity index (χ2n) is 4.54. The van der Waals surface area contributed by atoms with Crippen LogP contribution in [0.5, 0.6) is 0 Å². The molecule has 2 rings (SSSR count). The summed E-state index contributed by atoms with van der Waals surface area (Å²) >= 11 is 5.84. The molecule has 1 aliphatic rings. The van der Waals surface area contributed by atoms with Crippen LogP contribution in [0.2, 0.25) is 5.02 Å². The van der Waals surface area contributed by atoms with Crippen molar-refractivity contribution in [2.45, 2.75) is 26.2 Å². The number of nitrogens with zero attached hydrogens (tertiary/aromatic N) is 1. The SMILES string of the molecule is CC(=O)C1(Cc2cc(Cl)ccc2[N+](=O)[O-])CC1. The first kappa shape index (κ1) is 12.0. The van der Waals surface area contributed by atoms with E-state index in [1.807, 2.05) is 0 Å². The Bertz CT molecular complexity index is 495. The predicted molar refractivity (Wildman–Crippen MR) is 64.2 cm³/mol. The highest BCUT2D eigenvalue weighted by Crippen LogP contribution is 2.50. The van der Waals surface area contributed by atoms with Gasteiger partial charge in [-0.25, -0.2) is 0 Å². The molecule has 0 spiro atoms. The Morgan fingerprint density at radius 3 is 2.65 bits per heavy atom. The summed E-state index contributed by atoms with van der Waals surface area (Å²) in [5.74, 6) is 0.103. The van der Waals surface area contributed by atoms with Gasteiger partial charge in [0.15, 0.2) is 0 Å². The van der Waals surface area contributed by atoms with Gasteiger partial charge in [-0.15, -0.1) is 0 Å². The summed E-state index contributed by atoms with van der Waals surface area (Å²) in [6.45, 7) is 1.55. The maximum absolute atomic E-state index is 11.5. The van der Waals surface area contributed by atoms with E-state index in [2.05, 4.69) is 0 Å². The van der Waals surface area contributed by atoms with Gasteiger partial charge in [0.25, 0.3) is 5.69 Å². The minimum absolute atomic E-state index is 0.0434. The average molecular weight is 254 g/mol. The Hall–Kier alpha value is -1.42. The molecule has 0 N–H and O–H groups in total. The molecule has 0 atom stereocenters. The summed E-state index contributed by atoms with van der Waals surface area (Å²) in [6.07, 6.45) is 2.04. The number of ketones is 1. The van der Waals surface area contributed by atoms with Crippen LogP contribution < -0.4 is 0 Å². The summed E-state index contributed by atoms with van der Waals surface area (Å²) in [5.41, 5.74) is 0.215. The largest absolute Gasteiger partial charge is 0.299 e. The number of rotatable bonds is 4. The summed E-state index contributed by atoms with van der Waals surface area (Å²) in [6, 6.07) is 4.48. The van der Waals surface area contributed by atoms with E-state index in [0.29, 0.717) is 17.0 Å². The molecule has 90 valence electrons. The van der Waals surface area contributed by atoms with E-state index < -0.39 is 4.92 Å². The number of nitro benzene ring substituents is 1. The molecule has 17 heavy (non-hydrogen) atoms. The van der Waals surface area contributed by atoms with E-state index in [-0.39, 0.29) is 16.9 Å². The van der Waals surface area contributed by atoms with Crippen molar-refractivity contribution in [2.24, 2.45) is 5.41 Å². The van der Waals surface area contributed by atoms with E-state index in [9.17, 15) is 14.9 Å². The highest BCUT2D eigenvalue weighted by atomic mass is 35.5. The van der Waals surface area contributed by atoms with Crippen molar-refractivity contribution in [3.05, 3.63) is 38.9 Å². The summed E-state index contributed by atoms with van der Waals surface area (Å²) in [4.78, 5) is 22.0. The zero-order valence-electron chi connectivity index (χ0n) is 9.40. The molecule has 1 fully saturated rings. The van der Waals surface area contributed by atoms with Crippen molar-refractivity contribution < 1.29 is 9.72 Å². The van der Waals surface area contributed by atoms with Crippen LogP contribution in [0.3, 0.4) is 0 Å². The van der Waals surface area contributed by atoms with Gasteiger partial charge in [-0.3, -0.25) is 14.9 Å². The van der Waals surface area contributed by atoms with Gasteiger partial charge in [-0.1, -0.05) is 11.6 Å². The molecule has 1 aliphatic carbocycles. The van der Waals surface area contributed by atoms with E-state index >= 15 is 0 Å². The molecule has 0 amide bonds. The van der Waals surface area contributed by atoms with Crippen molar-refractivity contribution in [3.63, 3.8) is 0 Å². The zero-order valence-corrected chi connectivity index (χ0v) is 10.2. The Morgan fingerprint density at radius 2 is 2.18 bits per heavy atom. The minimum Gasteiger partial charge on any atom is -0.299 e. The average Bonchev–Trinajstić information content (AvgIpc) is 2.98. The first-order valence-corrected chi connectivity index (χ1v) is 5.76. The molecular weight excluding hydrogens is 242 g/mol. The van der Waals surface area contributed by atoms with Gasteiger partial charge >= 0.3 is 0 Å². The molecule has 1 saturated carbocycles. The Labute approximate surface area is 104 Å². The van der Waals surface area contributed by atoms with E-state index in [4.69, 9.17) is 11.6 Å². The molecule has 0 saturated heterocycles. The first-order chi connectivity index (χ1) is 7.94. The van der Waals surface area contributed by atoms with Crippen molar-refractivity contribution in [3.8, 4) is 0 Å². The number of Topliss-reactive ketones (excluding diaryl/α,β-unsaturated/α-hetero) is 1. The molecule has 0 aromatic heterocycles. The lowest BCUT2D eigenvalue weighted by atomic mass is 9.92. The summed E-state index contributed by atoms with van der Waals surface area (Å²) in [7, 11) is 0. The Morgan fingerprint density at radius 1 is 1.53 bits per heavy atom. The van der Waals surface area contributed by atoms with Gasteiger partial charge in [-0.2, -0.15) is 0 Å². The first-order valence-electron chi connectivity index (χ1n) is 5.38. The van der Waals surface area contributed by atoms with Gasteiger partial charge in [-0.05, 0) is 38.3 Å². The van der Waals surface area contributed by atoms with Crippen molar-refractivity contribution in [1.29, 1.82) is 0 Å². The van der Waals surface area contributed by atoms with Crippen LogP contribution >= 0.6 is 11.6 Å². The number of hydrogen-bond donors (Lipinski definition) is 0. The summed E-state index contributed by atoms with van der Waals surface area (Å²) < 4.78 is 0. The molecule has 0 aliphatic heterocycles. The Kier molecular flexibility index (Phi) is 2.91. The molecular formula is C12H12ClNO3. The number of carbonyl (C=O) groups is 1. The second-order valence-corrected chi connectivity index (χ2v) is 4.98. The molecule has 0 radical (unpaired) electrons. The molecule has 0 heterocycles. The molecule has 0 bridgehead atoms. The fourth-order valence-electron chi connectivity index (χ4n) is 2.04. The molecule has 0 unspecified atom stereocenters. The quantitative estimate of drug-likeness (QED) is 0.612. The molecule has 4 nitrogen and oxygen atoms in total. The smallest absolute Gasteiger partial charge is 0.272 e. The van der Waals surface area contributed by atoms with Crippen LogP contribution in [0.25, 0.3) is 0 Å². The van der Waals surface area contributed by atoms with Crippen LogP contribution in [0.15, 0.2) is 18.2 Å². The number of nitro groups is 1. The summed E-state index contributed by atoms with van der Waals surface area (Å²) in [5, 5.41) is 11.3. The van der Waals surface area contributed by atoms with Crippen molar-refractivity contribution >= 4 is 23.1 Å². The highest BCUT2D eigenvalue weighted by molar-refractivity contribution is 6.30. The van der Waals surface area contributed by atoms with Gasteiger partial charge < -0.3 is 0 Å². The third-order valence-corrected chi connectivity index (χ3v) is 3.60.